The van der Waals surface area contributed by atoms with Gasteiger partial charge in [-0.25, -0.2) is 9.18 Å². The Labute approximate surface area is 158 Å². The molecule has 2 rings (SSSR count). The van der Waals surface area contributed by atoms with Gasteiger partial charge in [-0.3, -0.25) is 9.59 Å². The topological polar surface area (TPSA) is 98.5 Å². The third kappa shape index (κ3) is 4.71. The molecule has 2 aromatic rings. The van der Waals surface area contributed by atoms with Gasteiger partial charge in [0, 0.05) is 11.3 Å². The molecule has 0 aromatic heterocycles. The standard InChI is InChI=1S/C17H13Cl2FN2O4/c1-8(16(24)22-10-4-2-9(3-5-10)15(21)23)26-17(25)11-6-14(20)13(19)7-12(11)18/h2-8H,1H3,(H2,21,23)(H,22,24)/t8-/m0/s1. The van der Waals surface area contributed by atoms with Crippen molar-refractivity contribution in [2.75, 3.05) is 5.32 Å². The molecule has 26 heavy (non-hydrogen) atoms. The van der Waals surface area contributed by atoms with Crippen LogP contribution in [0.25, 0.3) is 0 Å². The van der Waals surface area contributed by atoms with E-state index in [1.807, 2.05) is 0 Å². The summed E-state index contributed by atoms with van der Waals surface area (Å²) in [5, 5.41) is 2.16. The summed E-state index contributed by atoms with van der Waals surface area (Å²) in [7, 11) is 0. The van der Waals surface area contributed by atoms with Gasteiger partial charge in [-0.05, 0) is 43.3 Å². The summed E-state index contributed by atoms with van der Waals surface area (Å²) in [6.45, 7) is 1.34. The summed E-state index contributed by atoms with van der Waals surface area (Å²) in [5.74, 6) is -3.04. The van der Waals surface area contributed by atoms with E-state index in [1.165, 1.54) is 31.2 Å². The summed E-state index contributed by atoms with van der Waals surface area (Å²) in [5.41, 5.74) is 5.53. The maximum Gasteiger partial charge on any atom is 0.340 e. The molecule has 0 saturated carbocycles. The smallest absolute Gasteiger partial charge is 0.340 e. The monoisotopic (exact) mass is 398 g/mol. The SMILES string of the molecule is C[C@H](OC(=O)c1cc(F)c(Cl)cc1Cl)C(=O)Nc1ccc(C(N)=O)cc1. The fourth-order valence-corrected chi connectivity index (χ4v) is 2.38. The van der Waals surface area contributed by atoms with Gasteiger partial charge in [-0.15, -0.1) is 0 Å². The van der Waals surface area contributed by atoms with E-state index in [2.05, 4.69) is 5.32 Å². The largest absolute Gasteiger partial charge is 0.449 e. The zero-order chi connectivity index (χ0) is 19.4. The van der Waals surface area contributed by atoms with Gasteiger partial charge in [-0.1, -0.05) is 23.2 Å². The molecule has 0 spiro atoms. The number of anilines is 1. The van der Waals surface area contributed by atoms with E-state index in [0.717, 1.165) is 12.1 Å². The highest BCUT2D eigenvalue weighted by molar-refractivity contribution is 6.36. The van der Waals surface area contributed by atoms with Gasteiger partial charge in [0.05, 0.1) is 15.6 Å². The lowest BCUT2D eigenvalue weighted by Gasteiger charge is -2.14. The van der Waals surface area contributed by atoms with E-state index in [4.69, 9.17) is 33.7 Å². The number of benzene rings is 2. The van der Waals surface area contributed by atoms with Crippen LogP contribution in [0.1, 0.15) is 27.6 Å². The number of hydrogen-bond acceptors (Lipinski definition) is 4. The van der Waals surface area contributed by atoms with Gasteiger partial charge in [-0.2, -0.15) is 0 Å². The maximum atomic E-state index is 13.5. The third-order valence-electron chi connectivity index (χ3n) is 3.32. The summed E-state index contributed by atoms with van der Waals surface area (Å²) in [6.07, 6.45) is -1.19. The minimum absolute atomic E-state index is 0.101. The van der Waals surface area contributed by atoms with Crippen molar-refractivity contribution in [1.29, 1.82) is 0 Å². The first-order valence-corrected chi connectivity index (χ1v) is 8.01. The quantitative estimate of drug-likeness (QED) is 0.595. The highest BCUT2D eigenvalue weighted by Crippen LogP contribution is 2.25. The molecule has 3 N–H and O–H groups in total. The van der Waals surface area contributed by atoms with Crippen molar-refractivity contribution in [1.82, 2.24) is 0 Å². The molecule has 0 fully saturated rings. The average Bonchev–Trinajstić information content (AvgIpc) is 2.58. The molecule has 2 amide bonds. The third-order valence-corrected chi connectivity index (χ3v) is 3.92. The molecule has 0 aliphatic heterocycles. The molecule has 0 saturated heterocycles. The average molecular weight is 399 g/mol. The highest BCUT2D eigenvalue weighted by atomic mass is 35.5. The minimum Gasteiger partial charge on any atom is -0.449 e. The zero-order valence-corrected chi connectivity index (χ0v) is 14.9. The van der Waals surface area contributed by atoms with Crippen LogP contribution in [0.5, 0.6) is 0 Å². The van der Waals surface area contributed by atoms with Gasteiger partial charge in [0.1, 0.15) is 5.82 Å². The van der Waals surface area contributed by atoms with Crippen LogP contribution >= 0.6 is 23.2 Å². The van der Waals surface area contributed by atoms with Crippen LogP contribution in [0, 0.1) is 5.82 Å². The fraction of sp³-hybridized carbons (Fsp3) is 0.118. The summed E-state index contributed by atoms with van der Waals surface area (Å²) < 4.78 is 18.5. The molecule has 0 radical (unpaired) electrons. The molecule has 9 heteroatoms. The second-order valence-electron chi connectivity index (χ2n) is 5.22. The van der Waals surface area contributed by atoms with Gasteiger partial charge in [0.25, 0.3) is 5.91 Å². The minimum atomic E-state index is -1.19. The van der Waals surface area contributed by atoms with Crippen molar-refractivity contribution in [2.24, 2.45) is 5.73 Å². The number of ether oxygens (including phenoxy) is 1. The second kappa shape index (κ2) is 8.16. The van der Waals surface area contributed by atoms with Crippen molar-refractivity contribution in [3.63, 3.8) is 0 Å². The zero-order valence-electron chi connectivity index (χ0n) is 13.4. The number of primary amides is 1. The number of nitrogens with two attached hydrogens (primary N) is 1. The van der Waals surface area contributed by atoms with Crippen molar-refractivity contribution in [2.45, 2.75) is 13.0 Å². The van der Waals surface area contributed by atoms with Crippen LogP contribution in [0.4, 0.5) is 10.1 Å². The Balaban J connectivity index is 2.03. The van der Waals surface area contributed by atoms with Crippen molar-refractivity contribution in [3.05, 3.63) is 63.4 Å². The predicted molar refractivity (Wildman–Crippen MR) is 94.9 cm³/mol. The first-order chi connectivity index (χ1) is 12.2. The lowest BCUT2D eigenvalue weighted by molar-refractivity contribution is -0.123. The van der Waals surface area contributed by atoms with Crippen LogP contribution in [-0.2, 0) is 9.53 Å². The molecule has 0 unspecified atom stereocenters. The Bertz CT molecular complexity index is 872. The molecule has 2 aromatic carbocycles. The molecule has 1 atom stereocenters. The highest BCUT2D eigenvalue weighted by Gasteiger charge is 2.22. The number of amides is 2. The van der Waals surface area contributed by atoms with E-state index in [0.29, 0.717) is 5.69 Å². The van der Waals surface area contributed by atoms with Crippen molar-refractivity contribution < 1.29 is 23.5 Å². The van der Waals surface area contributed by atoms with E-state index in [1.54, 1.807) is 0 Å². The number of carbonyl (C=O) groups is 3. The molecular formula is C17H13Cl2FN2O4. The number of rotatable bonds is 5. The van der Waals surface area contributed by atoms with Crippen LogP contribution in [-0.4, -0.2) is 23.9 Å². The maximum absolute atomic E-state index is 13.5. The lowest BCUT2D eigenvalue weighted by Crippen LogP contribution is -2.30. The molecule has 0 aliphatic rings. The van der Waals surface area contributed by atoms with Crippen LogP contribution < -0.4 is 11.1 Å². The number of halogens is 3. The number of nitrogens with one attached hydrogen (secondary N) is 1. The van der Waals surface area contributed by atoms with Gasteiger partial charge < -0.3 is 15.8 Å². The van der Waals surface area contributed by atoms with E-state index in [9.17, 15) is 18.8 Å². The van der Waals surface area contributed by atoms with E-state index < -0.39 is 29.7 Å². The Hall–Kier alpha value is -2.64. The predicted octanol–water partition coefficient (Wildman–Crippen LogP) is 3.42. The lowest BCUT2D eigenvalue weighted by atomic mass is 10.2. The molecule has 0 aliphatic carbocycles. The summed E-state index contributed by atoms with van der Waals surface area (Å²) in [6, 6.07) is 7.71. The molecule has 0 bridgehead atoms. The fourth-order valence-electron chi connectivity index (χ4n) is 1.92. The first kappa shape index (κ1) is 19.7. The van der Waals surface area contributed by atoms with Crippen molar-refractivity contribution in [3.8, 4) is 0 Å². The van der Waals surface area contributed by atoms with Crippen molar-refractivity contribution >= 4 is 46.7 Å². The molecule has 6 nitrogen and oxygen atoms in total. The first-order valence-electron chi connectivity index (χ1n) is 7.25. The number of hydrogen-bond donors (Lipinski definition) is 2. The molecular weight excluding hydrogens is 386 g/mol. The normalized spacial score (nSPS) is 11.5. The second-order valence-corrected chi connectivity index (χ2v) is 6.04. The van der Waals surface area contributed by atoms with Crippen LogP contribution in [0.3, 0.4) is 0 Å². The van der Waals surface area contributed by atoms with Gasteiger partial charge in [0.15, 0.2) is 6.10 Å². The van der Waals surface area contributed by atoms with E-state index >= 15 is 0 Å². The Morgan fingerprint density at radius 2 is 1.73 bits per heavy atom. The number of esters is 1. The Morgan fingerprint density at radius 1 is 1.12 bits per heavy atom. The van der Waals surface area contributed by atoms with Crippen LogP contribution in [0.15, 0.2) is 36.4 Å². The number of carbonyl (C=O) groups excluding carboxylic acids is 3. The molecule has 0 heterocycles. The van der Waals surface area contributed by atoms with Crippen LogP contribution in [0.2, 0.25) is 10.0 Å². The Kier molecular flexibility index (Phi) is 6.18. The Morgan fingerprint density at radius 3 is 2.31 bits per heavy atom. The van der Waals surface area contributed by atoms with Gasteiger partial charge in [0.2, 0.25) is 5.91 Å². The van der Waals surface area contributed by atoms with E-state index in [-0.39, 0.29) is 21.2 Å². The summed E-state index contributed by atoms with van der Waals surface area (Å²) >= 11 is 11.4. The van der Waals surface area contributed by atoms with Gasteiger partial charge >= 0.3 is 5.97 Å². The summed E-state index contributed by atoms with van der Waals surface area (Å²) in [4.78, 5) is 35.2. The molecule has 136 valence electrons.